The monoisotopic (exact) mass is 539 g/mol. The molecule has 168 valence electrons. The summed E-state index contributed by atoms with van der Waals surface area (Å²) in [5.74, 6) is -0.350. The quantitative estimate of drug-likeness (QED) is 0.188. The lowest BCUT2D eigenvalue weighted by Crippen LogP contribution is -2.63. The van der Waals surface area contributed by atoms with Gasteiger partial charge in [0.15, 0.2) is 0 Å². The number of methoxy groups -OCH3 is 1. The van der Waals surface area contributed by atoms with Crippen molar-refractivity contribution < 1.29 is 14.3 Å². The number of fused-ring (bicyclic) bond motifs is 2. The highest BCUT2D eigenvalue weighted by Gasteiger charge is 2.49. The number of nitrogens with zero attached hydrogens (tertiary/aromatic N) is 2. The van der Waals surface area contributed by atoms with Crippen LogP contribution in [0.3, 0.4) is 0 Å². The van der Waals surface area contributed by atoms with Crippen LogP contribution in [0.25, 0.3) is 21.0 Å². The summed E-state index contributed by atoms with van der Waals surface area (Å²) in [6.07, 6.45) is 0. The second-order valence-corrected chi connectivity index (χ2v) is 10.0. The van der Waals surface area contributed by atoms with E-state index in [1.807, 2.05) is 0 Å². The standard InChI is InChI=1S/C22H13Cl4N3O3S/c1-32-11-3-4-14-9(6-11)7-13(20(26)27-14)18-17(25)22(31)29(18)28-21(30)19-16(24)12-8-10(23)2-5-15(12)33-19/h2-8,17-18H,1H3,(H,28,30). The number of thiophene rings is 1. The van der Waals surface area contributed by atoms with Crippen molar-refractivity contribution in [2.24, 2.45) is 0 Å². The molecule has 6 nitrogen and oxygen atoms in total. The summed E-state index contributed by atoms with van der Waals surface area (Å²) in [7, 11) is 1.56. The first-order valence-corrected chi connectivity index (χ1v) is 12.0. The molecule has 0 aliphatic carbocycles. The van der Waals surface area contributed by atoms with Gasteiger partial charge >= 0.3 is 0 Å². The van der Waals surface area contributed by atoms with Crippen molar-refractivity contribution in [2.45, 2.75) is 11.4 Å². The number of carbonyl (C=O) groups is 2. The summed E-state index contributed by atoms with van der Waals surface area (Å²) in [5, 5.41) is 2.62. The van der Waals surface area contributed by atoms with Crippen LogP contribution in [-0.4, -0.2) is 34.3 Å². The molecule has 2 aromatic carbocycles. The molecule has 1 fully saturated rings. The number of carbonyl (C=O) groups excluding carboxylic acids is 2. The van der Waals surface area contributed by atoms with Gasteiger partial charge in [-0.2, -0.15) is 0 Å². The molecule has 0 radical (unpaired) electrons. The van der Waals surface area contributed by atoms with E-state index in [0.29, 0.717) is 27.2 Å². The Labute approximate surface area is 211 Å². The van der Waals surface area contributed by atoms with Crippen molar-refractivity contribution in [2.75, 3.05) is 7.11 Å². The number of hydrazine groups is 1. The number of benzene rings is 2. The van der Waals surface area contributed by atoms with Crippen LogP contribution >= 0.6 is 57.7 Å². The molecule has 2 amide bonds. The molecule has 2 aromatic heterocycles. The lowest BCUT2D eigenvalue weighted by Gasteiger charge is -2.43. The van der Waals surface area contributed by atoms with Gasteiger partial charge in [-0.25, -0.2) is 9.99 Å². The second-order valence-electron chi connectivity index (χ2n) is 7.31. The van der Waals surface area contributed by atoms with E-state index in [-0.39, 0.29) is 15.1 Å². The molecule has 0 saturated carbocycles. The van der Waals surface area contributed by atoms with Crippen LogP contribution < -0.4 is 10.2 Å². The van der Waals surface area contributed by atoms with Crippen LogP contribution in [0.1, 0.15) is 21.3 Å². The third-order valence-corrected chi connectivity index (χ3v) is 8.00. The fourth-order valence-corrected chi connectivity index (χ4v) is 5.86. The van der Waals surface area contributed by atoms with Crippen LogP contribution in [0.5, 0.6) is 5.75 Å². The number of alkyl halides is 1. The number of hydrogen-bond donors (Lipinski definition) is 1. The van der Waals surface area contributed by atoms with E-state index in [2.05, 4.69) is 10.4 Å². The van der Waals surface area contributed by atoms with Gasteiger partial charge in [-0.05, 0) is 42.5 Å². The van der Waals surface area contributed by atoms with Crippen molar-refractivity contribution in [1.82, 2.24) is 15.4 Å². The number of halogens is 4. The molecule has 0 spiro atoms. The Bertz CT molecular complexity index is 1460. The third-order valence-electron chi connectivity index (χ3n) is 5.37. The Kier molecular flexibility index (Phi) is 5.79. The number of rotatable bonds is 4. The molecule has 1 N–H and O–H groups in total. The first kappa shape index (κ1) is 22.5. The van der Waals surface area contributed by atoms with Gasteiger partial charge in [-0.1, -0.05) is 34.8 Å². The maximum Gasteiger partial charge on any atom is 0.281 e. The Balaban J connectivity index is 1.48. The number of β-lactam (4-membered cyclic amide) rings is 1. The summed E-state index contributed by atoms with van der Waals surface area (Å²) < 4.78 is 6.07. The Morgan fingerprint density at radius 1 is 1.15 bits per heavy atom. The van der Waals surface area contributed by atoms with Gasteiger partial charge in [-0.3, -0.25) is 15.0 Å². The van der Waals surface area contributed by atoms with E-state index in [1.54, 1.807) is 49.6 Å². The largest absolute Gasteiger partial charge is 0.497 e. The first-order chi connectivity index (χ1) is 15.8. The van der Waals surface area contributed by atoms with E-state index in [1.165, 1.54) is 11.3 Å². The molecule has 0 bridgehead atoms. The first-order valence-electron chi connectivity index (χ1n) is 9.58. The van der Waals surface area contributed by atoms with Gasteiger partial charge in [-0.15, -0.1) is 22.9 Å². The Morgan fingerprint density at radius 2 is 1.94 bits per heavy atom. The van der Waals surface area contributed by atoms with Crippen LogP contribution in [0.2, 0.25) is 15.2 Å². The summed E-state index contributed by atoms with van der Waals surface area (Å²) in [6, 6.07) is 11.6. The molecular formula is C22H13Cl4N3O3S. The zero-order valence-electron chi connectivity index (χ0n) is 16.7. The van der Waals surface area contributed by atoms with Crippen molar-refractivity contribution in [1.29, 1.82) is 0 Å². The Morgan fingerprint density at radius 3 is 2.70 bits per heavy atom. The summed E-state index contributed by atoms with van der Waals surface area (Å²) in [5.41, 5.74) is 3.78. The van der Waals surface area contributed by atoms with Gasteiger partial charge in [0.2, 0.25) is 0 Å². The topological polar surface area (TPSA) is 71.5 Å². The van der Waals surface area contributed by atoms with Crippen molar-refractivity contribution in [3.63, 3.8) is 0 Å². The van der Waals surface area contributed by atoms with Crippen molar-refractivity contribution in [3.05, 3.63) is 68.1 Å². The van der Waals surface area contributed by atoms with Crippen molar-refractivity contribution >= 4 is 90.5 Å². The number of nitrogens with one attached hydrogen (secondary N) is 1. The predicted octanol–water partition coefficient (Wildman–Crippen LogP) is 6.25. The molecule has 2 atom stereocenters. The molecule has 2 unspecified atom stereocenters. The molecule has 1 aliphatic heterocycles. The van der Waals surface area contributed by atoms with E-state index >= 15 is 0 Å². The highest BCUT2D eigenvalue weighted by atomic mass is 35.5. The predicted molar refractivity (Wildman–Crippen MR) is 132 cm³/mol. The molecule has 4 aromatic rings. The normalized spacial score (nSPS) is 18.0. The summed E-state index contributed by atoms with van der Waals surface area (Å²) in [4.78, 5) is 30.2. The summed E-state index contributed by atoms with van der Waals surface area (Å²) in [6.45, 7) is 0. The highest BCUT2D eigenvalue weighted by Crippen LogP contribution is 2.42. The minimum Gasteiger partial charge on any atom is -0.497 e. The fraction of sp³-hybridized carbons (Fsp3) is 0.136. The average Bonchev–Trinajstić information content (AvgIpc) is 3.14. The van der Waals surface area contributed by atoms with Gasteiger partial charge in [0.1, 0.15) is 27.2 Å². The maximum absolute atomic E-state index is 13.0. The third kappa shape index (κ3) is 3.78. The molecule has 33 heavy (non-hydrogen) atoms. The highest BCUT2D eigenvalue weighted by molar-refractivity contribution is 7.21. The minimum absolute atomic E-state index is 0.185. The number of aromatic nitrogens is 1. The van der Waals surface area contributed by atoms with Gasteiger partial charge in [0, 0.05) is 26.1 Å². The van der Waals surface area contributed by atoms with Gasteiger partial charge in [0.25, 0.3) is 11.8 Å². The zero-order valence-corrected chi connectivity index (χ0v) is 20.6. The second kappa shape index (κ2) is 8.49. The molecule has 11 heteroatoms. The van der Waals surface area contributed by atoms with E-state index in [9.17, 15) is 9.59 Å². The van der Waals surface area contributed by atoms with Crippen LogP contribution in [-0.2, 0) is 4.79 Å². The number of pyridine rings is 1. The molecule has 1 aliphatic rings. The smallest absolute Gasteiger partial charge is 0.281 e. The lowest BCUT2D eigenvalue weighted by atomic mass is 9.95. The Hall–Kier alpha value is -2.29. The van der Waals surface area contributed by atoms with E-state index in [0.717, 1.165) is 15.1 Å². The number of amides is 2. The molecule has 5 rings (SSSR count). The zero-order chi connectivity index (χ0) is 23.4. The van der Waals surface area contributed by atoms with Gasteiger partial charge < -0.3 is 4.74 Å². The van der Waals surface area contributed by atoms with Gasteiger partial charge in [0.05, 0.1) is 17.6 Å². The van der Waals surface area contributed by atoms with E-state index in [4.69, 9.17) is 51.1 Å². The fourth-order valence-electron chi connectivity index (χ4n) is 3.70. The van der Waals surface area contributed by atoms with Crippen LogP contribution in [0.4, 0.5) is 0 Å². The number of ether oxygens (including phenoxy) is 1. The SMILES string of the molecule is COc1ccc2nc(Cl)c(C3C(Cl)C(=O)N3NC(=O)c3sc4ccc(Cl)cc4c3Cl)cc2c1. The minimum atomic E-state index is -0.913. The molecule has 3 heterocycles. The molecule has 1 saturated heterocycles. The average molecular weight is 541 g/mol. The van der Waals surface area contributed by atoms with Crippen LogP contribution in [0, 0.1) is 0 Å². The number of hydrogen-bond acceptors (Lipinski definition) is 5. The van der Waals surface area contributed by atoms with Crippen molar-refractivity contribution in [3.8, 4) is 5.75 Å². The summed E-state index contributed by atoms with van der Waals surface area (Å²) >= 11 is 26.4. The van der Waals surface area contributed by atoms with E-state index < -0.39 is 23.2 Å². The van der Waals surface area contributed by atoms with Crippen LogP contribution in [0.15, 0.2) is 42.5 Å². The maximum atomic E-state index is 13.0. The lowest BCUT2D eigenvalue weighted by molar-refractivity contribution is -0.149. The molecular weight excluding hydrogens is 528 g/mol.